The van der Waals surface area contributed by atoms with Crippen LogP contribution in [0.15, 0.2) is 52.9 Å². The molecule has 158 valence electrons. The molecule has 2 aromatic carbocycles. The third-order valence-electron chi connectivity index (χ3n) is 4.71. The second kappa shape index (κ2) is 8.31. The summed E-state index contributed by atoms with van der Waals surface area (Å²) in [7, 11) is 3.17. The molecule has 1 amide bonds. The summed E-state index contributed by atoms with van der Waals surface area (Å²) in [5.41, 5.74) is 2.51. The summed E-state index contributed by atoms with van der Waals surface area (Å²) in [6.07, 6.45) is 0.403. The lowest BCUT2D eigenvalue weighted by molar-refractivity contribution is -0.641. The number of rotatable bonds is 6. The molecule has 9 heteroatoms. The Morgan fingerprint density at radius 3 is 2.74 bits per heavy atom. The van der Waals surface area contributed by atoms with Gasteiger partial charge in [0.05, 0.1) is 19.3 Å². The first-order chi connectivity index (χ1) is 15.0. The summed E-state index contributed by atoms with van der Waals surface area (Å²) in [6, 6.07) is 13.9. The van der Waals surface area contributed by atoms with Crippen LogP contribution in [0.3, 0.4) is 0 Å². The second-order valence-electron chi connectivity index (χ2n) is 6.88. The van der Waals surface area contributed by atoms with Gasteiger partial charge >= 0.3 is 0 Å². The van der Waals surface area contributed by atoms with E-state index in [-0.39, 0.29) is 11.7 Å². The van der Waals surface area contributed by atoms with Crippen LogP contribution in [0.25, 0.3) is 11.0 Å². The van der Waals surface area contributed by atoms with Gasteiger partial charge in [0.25, 0.3) is 17.4 Å². The average molecular weight is 420 g/mol. The Balaban J connectivity index is 1.53. The molecule has 4 rings (SSSR count). The molecule has 0 aliphatic rings. The molecule has 0 saturated heterocycles. The number of carbonyl (C=O) groups excluding carboxylic acids is 1. The Morgan fingerprint density at radius 1 is 1.13 bits per heavy atom. The number of nitrogens with zero attached hydrogens (tertiary/aromatic N) is 3. The van der Waals surface area contributed by atoms with E-state index in [1.807, 2.05) is 25.1 Å². The van der Waals surface area contributed by atoms with Crippen LogP contribution in [0.1, 0.15) is 27.4 Å². The third kappa shape index (κ3) is 4.25. The van der Waals surface area contributed by atoms with E-state index >= 15 is 0 Å². The highest BCUT2D eigenvalue weighted by molar-refractivity contribution is 6.01. The molecule has 0 spiro atoms. The highest BCUT2D eigenvalue weighted by atomic mass is 16.5. The first-order valence-electron chi connectivity index (χ1n) is 9.46. The van der Waals surface area contributed by atoms with Crippen molar-refractivity contribution in [3.05, 3.63) is 76.4 Å². The fraction of sp³-hybridized carbons (Fsp3) is 0.182. The number of nitrogens with one attached hydrogen (secondary N) is 1. The normalized spacial score (nSPS) is 10.8. The maximum absolute atomic E-state index is 12.6. The summed E-state index contributed by atoms with van der Waals surface area (Å²) in [5.74, 6) is 1.34. The smallest absolute Gasteiger partial charge is 0.297 e. The van der Waals surface area contributed by atoms with E-state index in [4.69, 9.17) is 13.9 Å². The molecule has 0 atom stereocenters. The fourth-order valence-electron chi connectivity index (χ4n) is 3.18. The highest BCUT2D eigenvalue weighted by Gasteiger charge is 2.18. The van der Waals surface area contributed by atoms with Crippen molar-refractivity contribution < 1.29 is 23.5 Å². The number of amides is 1. The van der Waals surface area contributed by atoms with Crippen molar-refractivity contribution in [2.75, 3.05) is 19.5 Å². The maximum atomic E-state index is 12.6. The topological polar surface area (TPSA) is 113 Å². The number of hydrogen-bond donors (Lipinski definition) is 1. The Hall–Kier alpha value is -4.14. The molecule has 31 heavy (non-hydrogen) atoms. The van der Waals surface area contributed by atoms with Crippen LogP contribution in [0, 0.1) is 12.1 Å². The molecular weight excluding hydrogens is 400 g/mol. The van der Waals surface area contributed by atoms with Gasteiger partial charge in [-0.3, -0.25) is 10.1 Å². The summed E-state index contributed by atoms with van der Waals surface area (Å²) >= 11 is 0. The van der Waals surface area contributed by atoms with Gasteiger partial charge in [0.15, 0.2) is 5.76 Å². The predicted molar refractivity (Wildman–Crippen MR) is 112 cm³/mol. The number of aryl methyl sites for hydroxylation is 1. The lowest BCUT2D eigenvalue weighted by atomic mass is 10.1. The molecule has 0 aliphatic carbocycles. The average Bonchev–Trinajstić information content (AvgIpc) is 3.23. The number of benzene rings is 2. The molecule has 0 bridgehead atoms. The predicted octanol–water partition coefficient (Wildman–Crippen LogP) is 3.02. The van der Waals surface area contributed by atoms with Crippen molar-refractivity contribution in [1.29, 1.82) is 0 Å². The molecule has 0 saturated carbocycles. The zero-order valence-corrected chi connectivity index (χ0v) is 17.2. The Labute approximate surface area is 177 Å². The van der Waals surface area contributed by atoms with Crippen molar-refractivity contribution in [3.8, 4) is 11.5 Å². The maximum Gasteiger partial charge on any atom is 0.297 e. The number of carbonyl (C=O) groups is 1. The molecular formula is C22H20N4O5. The summed E-state index contributed by atoms with van der Waals surface area (Å²) in [5, 5.41) is 18.4. The number of anilines is 1. The van der Waals surface area contributed by atoms with Gasteiger partial charge in [-0.25, -0.2) is 4.98 Å². The van der Waals surface area contributed by atoms with Crippen LogP contribution < -0.4 is 19.6 Å². The Morgan fingerprint density at radius 2 is 1.97 bits per heavy atom. The molecule has 2 heterocycles. The van der Waals surface area contributed by atoms with E-state index in [2.05, 4.69) is 15.4 Å². The molecule has 0 fully saturated rings. The zero-order chi connectivity index (χ0) is 22.0. The standard InChI is InChI=1S/C22H20N4O5/c1-13-4-7-17-18(10-13)26(28)25-22(23-17)24-21(27)20-9-6-16(31-20)12-14-11-15(29-2)5-8-19(14)30-3/h4-11H,12H2,1-3H3,(H,23,24,25,27). The van der Waals surface area contributed by atoms with E-state index in [0.29, 0.717) is 39.6 Å². The number of hydrogen-bond acceptors (Lipinski definition) is 7. The monoisotopic (exact) mass is 420 g/mol. The van der Waals surface area contributed by atoms with Gasteiger partial charge in [-0.15, -0.1) is 0 Å². The number of methoxy groups -OCH3 is 2. The Kier molecular flexibility index (Phi) is 5.40. The van der Waals surface area contributed by atoms with Gasteiger partial charge in [-0.1, -0.05) is 6.07 Å². The molecule has 0 unspecified atom stereocenters. The lowest BCUT2D eigenvalue weighted by Crippen LogP contribution is -2.34. The molecule has 0 aliphatic heterocycles. The van der Waals surface area contributed by atoms with Crippen LogP contribution in [-0.2, 0) is 6.42 Å². The van der Waals surface area contributed by atoms with Crippen LogP contribution >= 0.6 is 0 Å². The molecule has 1 N–H and O–H groups in total. The third-order valence-corrected chi connectivity index (χ3v) is 4.71. The van der Waals surface area contributed by atoms with Crippen molar-refractivity contribution >= 4 is 22.9 Å². The quantitative estimate of drug-likeness (QED) is 0.377. The summed E-state index contributed by atoms with van der Waals surface area (Å²) in [4.78, 5) is 17.2. The van der Waals surface area contributed by atoms with E-state index in [1.165, 1.54) is 0 Å². The van der Waals surface area contributed by atoms with Gasteiger partial charge in [0.2, 0.25) is 0 Å². The van der Waals surface area contributed by atoms with Gasteiger partial charge in [0.1, 0.15) is 22.8 Å². The number of fused-ring (bicyclic) bond motifs is 1. The Bertz CT molecular complexity index is 1270. The molecule has 4 aromatic rings. The zero-order valence-electron chi connectivity index (χ0n) is 17.2. The SMILES string of the molecule is COc1ccc(OC)c(Cc2ccc(C(=O)Nc3nc4ccc(C)cc4[n+]([O-])n3)o2)c1. The van der Waals surface area contributed by atoms with Crippen LogP contribution in [0.5, 0.6) is 11.5 Å². The van der Waals surface area contributed by atoms with Crippen molar-refractivity contribution in [2.45, 2.75) is 13.3 Å². The fourth-order valence-corrected chi connectivity index (χ4v) is 3.18. The van der Waals surface area contributed by atoms with Crippen molar-refractivity contribution in [2.24, 2.45) is 0 Å². The van der Waals surface area contributed by atoms with Crippen LogP contribution in [-0.4, -0.2) is 30.2 Å². The van der Waals surface area contributed by atoms with E-state index in [0.717, 1.165) is 11.1 Å². The van der Waals surface area contributed by atoms with E-state index < -0.39 is 5.91 Å². The molecule has 2 aromatic heterocycles. The van der Waals surface area contributed by atoms with Crippen LogP contribution in [0.4, 0.5) is 5.95 Å². The molecule has 9 nitrogen and oxygen atoms in total. The van der Waals surface area contributed by atoms with E-state index in [1.54, 1.807) is 44.6 Å². The first kappa shape index (κ1) is 20.1. The first-order valence-corrected chi connectivity index (χ1v) is 9.46. The number of ether oxygens (including phenoxy) is 2. The summed E-state index contributed by atoms with van der Waals surface area (Å²) in [6.45, 7) is 1.87. The minimum absolute atomic E-state index is 0.0712. The lowest BCUT2D eigenvalue weighted by Gasteiger charge is -2.09. The van der Waals surface area contributed by atoms with Gasteiger partial charge in [0, 0.05) is 18.1 Å². The van der Waals surface area contributed by atoms with Crippen molar-refractivity contribution in [3.63, 3.8) is 0 Å². The van der Waals surface area contributed by atoms with Crippen LogP contribution in [0.2, 0.25) is 0 Å². The van der Waals surface area contributed by atoms with Gasteiger partial charge < -0.3 is 19.1 Å². The minimum atomic E-state index is -0.560. The van der Waals surface area contributed by atoms with Gasteiger partial charge in [-0.05, 0) is 53.7 Å². The number of aromatic nitrogens is 3. The van der Waals surface area contributed by atoms with Crippen molar-refractivity contribution in [1.82, 2.24) is 10.1 Å². The highest BCUT2D eigenvalue weighted by Crippen LogP contribution is 2.27. The second-order valence-corrected chi connectivity index (χ2v) is 6.88. The van der Waals surface area contributed by atoms with Gasteiger partial charge in [-0.2, -0.15) is 0 Å². The largest absolute Gasteiger partial charge is 0.594 e. The number of furan rings is 1. The summed E-state index contributed by atoms with van der Waals surface area (Å²) < 4.78 is 16.3. The van der Waals surface area contributed by atoms with E-state index in [9.17, 15) is 10.0 Å². The molecule has 0 radical (unpaired) electrons. The minimum Gasteiger partial charge on any atom is -0.594 e.